The van der Waals surface area contributed by atoms with E-state index in [2.05, 4.69) is 4.98 Å². The van der Waals surface area contributed by atoms with Gasteiger partial charge in [-0.15, -0.1) is 0 Å². The van der Waals surface area contributed by atoms with Crippen LogP contribution in [0.2, 0.25) is 0 Å². The van der Waals surface area contributed by atoms with Gasteiger partial charge in [-0.1, -0.05) is 30.3 Å². The third kappa shape index (κ3) is 4.17. The maximum Gasteiger partial charge on any atom is 0.254 e. The summed E-state index contributed by atoms with van der Waals surface area (Å²) in [5.41, 5.74) is 1.64. The van der Waals surface area contributed by atoms with Crippen molar-refractivity contribution in [1.29, 1.82) is 0 Å². The highest BCUT2D eigenvalue weighted by atomic mass is 16.5. The molecule has 6 heteroatoms. The number of hydrogen-bond donors (Lipinski definition) is 0. The fraction of sp³-hybridized carbons (Fsp3) is 0.346. The molecule has 0 aliphatic carbocycles. The van der Waals surface area contributed by atoms with Crippen LogP contribution < -0.4 is 4.74 Å². The normalized spacial score (nSPS) is 17.1. The van der Waals surface area contributed by atoms with Gasteiger partial charge >= 0.3 is 0 Å². The Morgan fingerprint density at radius 1 is 1.12 bits per heavy atom. The summed E-state index contributed by atoms with van der Waals surface area (Å²) in [4.78, 5) is 34.5. The van der Waals surface area contributed by atoms with Crippen LogP contribution in [0, 0.1) is 5.92 Å². The fourth-order valence-electron chi connectivity index (χ4n) is 4.49. The van der Waals surface area contributed by atoms with Crippen LogP contribution in [-0.2, 0) is 4.79 Å². The number of piperidine rings is 1. The molecule has 0 saturated carbocycles. The lowest BCUT2D eigenvalue weighted by molar-refractivity contribution is -0.137. The van der Waals surface area contributed by atoms with Gasteiger partial charge in [0.2, 0.25) is 5.91 Å². The van der Waals surface area contributed by atoms with E-state index in [4.69, 9.17) is 4.74 Å². The Bertz CT molecular complexity index is 1120. The second-order valence-electron chi connectivity index (χ2n) is 8.36. The number of methoxy groups -OCH3 is 1. The van der Waals surface area contributed by atoms with Gasteiger partial charge in [0.25, 0.3) is 5.91 Å². The molecule has 1 aliphatic heterocycles. The number of benzene rings is 2. The second-order valence-corrected chi connectivity index (χ2v) is 8.36. The zero-order valence-corrected chi connectivity index (χ0v) is 18.8. The molecule has 0 spiro atoms. The molecule has 1 aromatic heterocycles. The standard InChI is InChI=1S/C26H29N3O3/c1-18(19-8-6-14-27-16-19)28(2)25(30)20-9-7-15-29(17-20)26(31)23-12-13-24(32-3)22-11-5-4-10-21(22)23/h4-6,8,10-14,16,18,20H,7,9,15,17H2,1-3H3. The highest BCUT2D eigenvalue weighted by molar-refractivity contribution is 6.08. The summed E-state index contributed by atoms with van der Waals surface area (Å²) >= 11 is 0. The molecule has 0 N–H and O–H groups in total. The predicted molar refractivity (Wildman–Crippen MR) is 125 cm³/mol. The van der Waals surface area contributed by atoms with Crippen molar-refractivity contribution in [3.05, 3.63) is 72.1 Å². The number of aromatic nitrogens is 1. The van der Waals surface area contributed by atoms with Crippen molar-refractivity contribution in [2.45, 2.75) is 25.8 Å². The lowest BCUT2D eigenvalue weighted by Crippen LogP contribution is -2.46. The number of rotatable bonds is 5. The van der Waals surface area contributed by atoms with Crippen molar-refractivity contribution in [2.75, 3.05) is 27.2 Å². The van der Waals surface area contributed by atoms with Crippen molar-refractivity contribution in [3.63, 3.8) is 0 Å². The number of hydrogen-bond acceptors (Lipinski definition) is 4. The minimum absolute atomic E-state index is 0.0377. The van der Waals surface area contributed by atoms with Gasteiger partial charge in [0.15, 0.2) is 0 Å². The van der Waals surface area contributed by atoms with Crippen LogP contribution in [0.1, 0.15) is 41.7 Å². The number of carbonyl (C=O) groups excluding carboxylic acids is 2. The first-order valence-electron chi connectivity index (χ1n) is 11.0. The second kappa shape index (κ2) is 9.39. The first-order chi connectivity index (χ1) is 15.5. The fourth-order valence-corrected chi connectivity index (χ4v) is 4.49. The number of pyridine rings is 1. The number of nitrogens with zero attached hydrogens (tertiary/aromatic N) is 3. The monoisotopic (exact) mass is 431 g/mol. The molecule has 32 heavy (non-hydrogen) atoms. The third-order valence-corrected chi connectivity index (χ3v) is 6.49. The van der Waals surface area contributed by atoms with Crippen LogP contribution in [0.5, 0.6) is 5.75 Å². The molecular formula is C26H29N3O3. The molecule has 4 rings (SSSR count). The molecule has 0 radical (unpaired) electrons. The van der Waals surface area contributed by atoms with Crippen LogP contribution in [0.25, 0.3) is 10.8 Å². The highest BCUT2D eigenvalue weighted by Crippen LogP contribution is 2.30. The summed E-state index contributed by atoms with van der Waals surface area (Å²) in [6.45, 7) is 3.09. The molecule has 1 fully saturated rings. The van der Waals surface area contributed by atoms with Gasteiger partial charge in [-0.2, -0.15) is 0 Å². The SMILES string of the molecule is COc1ccc(C(=O)N2CCCC(C(=O)N(C)C(C)c3cccnc3)C2)c2ccccc12. The number of carbonyl (C=O) groups is 2. The zero-order valence-electron chi connectivity index (χ0n) is 18.8. The molecule has 2 amide bonds. The minimum Gasteiger partial charge on any atom is -0.496 e. The van der Waals surface area contributed by atoms with Gasteiger partial charge in [0.05, 0.1) is 19.1 Å². The topological polar surface area (TPSA) is 62.7 Å². The Morgan fingerprint density at radius 3 is 2.62 bits per heavy atom. The van der Waals surface area contributed by atoms with Crippen LogP contribution in [-0.4, -0.2) is 53.8 Å². The van der Waals surface area contributed by atoms with Crippen molar-refractivity contribution >= 4 is 22.6 Å². The van der Waals surface area contributed by atoms with Gasteiger partial charge in [0.1, 0.15) is 5.75 Å². The lowest BCUT2D eigenvalue weighted by atomic mass is 9.94. The molecule has 166 valence electrons. The number of amides is 2. The predicted octanol–water partition coefficient (Wildman–Crippen LogP) is 4.32. The molecule has 2 heterocycles. The molecule has 1 aliphatic rings. The molecule has 2 unspecified atom stereocenters. The molecule has 2 atom stereocenters. The largest absolute Gasteiger partial charge is 0.496 e. The lowest BCUT2D eigenvalue weighted by Gasteiger charge is -2.36. The van der Waals surface area contributed by atoms with Gasteiger partial charge < -0.3 is 14.5 Å². The summed E-state index contributed by atoms with van der Waals surface area (Å²) in [5.74, 6) is 0.568. The Hall–Kier alpha value is -3.41. The summed E-state index contributed by atoms with van der Waals surface area (Å²) < 4.78 is 5.46. The summed E-state index contributed by atoms with van der Waals surface area (Å²) in [7, 11) is 3.46. The molecule has 3 aromatic rings. The van der Waals surface area contributed by atoms with E-state index in [9.17, 15) is 9.59 Å². The first kappa shape index (κ1) is 21.8. The maximum absolute atomic E-state index is 13.5. The molecule has 6 nitrogen and oxygen atoms in total. The average Bonchev–Trinajstić information content (AvgIpc) is 2.86. The Morgan fingerprint density at radius 2 is 1.91 bits per heavy atom. The van der Waals surface area contributed by atoms with Crippen LogP contribution in [0.4, 0.5) is 0 Å². The maximum atomic E-state index is 13.5. The van der Waals surface area contributed by atoms with Crippen LogP contribution in [0.15, 0.2) is 60.9 Å². The van der Waals surface area contributed by atoms with Crippen LogP contribution >= 0.6 is 0 Å². The van der Waals surface area contributed by atoms with Crippen molar-refractivity contribution in [2.24, 2.45) is 5.92 Å². The van der Waals surface area contributed by atoms with Crippen molar-refractivity contribution < 1.29 is 14.3 Å². The van der Waals surface area contributed by atoms with Gasteiger partial charge in [0, 0.05) is 43.5 Å². The molecular weight excluding hydrogens is 402 g/mol. The van der Waals surface area contributed by atoms with E-state index in [0.717, 1.165) is 34.9 Å². The Balaban J connectivity index is 1.52. The Labute approximate surface area is 188 Å². The van der Waals surface area contributed by atoms with E-state index in [-0.39, 0.29) is 23.8 Å². The zero-order chi connectivity index (χ0) is 22.7. The third-order valence-electron chi connectivity index (χ3n) is 6.49. The van der Waals surface area contributed by atoms with E-state index in [1.807, 2.05) is 67.4 Å². The van der Waals surface area contributed by atoms with Gasteiger partial charge in [-0.05, 0) is 48.9 Å². The Kier molecular flexibility index (Phi) is 6.40. The molecule has 1 saturated heterocycles. The number of fused-ring (bicyclic) bond motifs is 1. The molecule has 2 aromatic carbocycles. The summed E-state index contributed by atoms with van der Waals surface area (Å²) in [6, 6.07) is 15.2. The van der Waals surface area contributed by atoms with E-state index in [1.165, 1.54) is 0 Å². The quantitative estimate of drug-likeness (QED) is 0.604. The smallest absolute Gasteiger partial charge is 0.254 e. The van der Waals surface area contributed by atoms with E-state index in [1.54, 1.807) is 24.4 Å². The van der Waals surface area contributed by atoms with Crippen molar-refractivity contribution in [3.8, 4) is 5.75 Å². The van der Waals surface area contributed by atoms with Crippen LogP contribution in [0.3, 0.4) is 0 Å². The van der Waals surface area contributed by atoms with E-state index < -0.39 is 0 Å². The van der Waals surface area contributed by atoms with Crippen molar-refractivity contribution in [1.82, 2.24) is 14.8 Å². The number of likely N-dealkylation sites (tertiary alicyclic amines) is 1. The van der Waals surface area contributed by atoms with Gasteiger partial charge in [-0.25, -0.2) is 0 Å². The molecule has 0 bridgehead atoms. The average molecular weight is 432 g/mol. The first-order valence-corrected chi connectivity index (χ1v) is 11.0. The van der Waals surface area contributed by atoms with E-state index >= 15 is 0 Å². The minimum atomic E-state index is -0.207. The van der Waals surface area contributed by atoms with Gasteiger partial charge in [-0.3, -0.25) is 14.6 Å². The summed E-state index contributed by atoms with van der Waals surface area (Å²) in [5, 5.41) is 1.78. The number of ether oxygens (including phenoxy) is 1. The highest BCUT2D eigenvalue weighted by Gasteiger charge is 2.32. The van der Waals surface area contributed by atoms with E-state index in [0.29, 0.717) is 18.7 Å². The summed E-state index contributed by atoms with van der Waals surface area (Å²) in [6.07, 6.45) is 5.12.